The van der Waals surface area contributed by atoms with E-state index in [0.717, 1.165) is 22.9 Å². The number of piperidine rings is 1. The zero-order chi connectivity index (χ0) is 20.6. The lowest BCUT2D eigenvalue weighted by Gasteiger charge is -2.39. The fraction of sp³-hybridized carbons (Fsp3) is 0.450. The third kappa shape index (κ3) is 3.59. The smallest absolute Gasteiger partial charge is 0.275 e. The van der Waals surface area contributed by atoms with Crippen molar-refractivity contribution >= 4 is 22.7 Å². The molecule has 1 aliphatic heterocycles. The largest absolute Gasteiger partial charge is 0.350 e. The van der Waals surface area contributed by atoms with Gasteiger partial charge in [-0.05, 0) is 45.7 Å². The van der Waals surface area contributed by atoms with Crippen molar-refractivity contribution in [3.8, 4) is 0 Å². The average Bonchev–Trinajstić information content (AvgIpc) is 3.31. The van der Waals surface area contributed by atoms with E-state index in [0.29, 0.717) is 36.6 Å². The average molecular weight is 396 g/mol. The molecule has 3 aromatic rings. The maximum Gasteiger partial charge on any atom is 0.275 e. The Balaban J connectivity index is 1.49. The quantitative estimate of drug-likeness (QED) is 0.698. The lowest BCUT2D eigenvalue weighted by Crippen LogP contribution is -2.51. The molecule has 9 heteroatoms. The Kier molecular flexibility index (Phi) is 4.81. The predicted molar refractivity (Wildman–Crippen MR) is 105 cm³/mol. The third-order valence-electron chi connectivity index (χ3n) is 5.62. The molecular weight excluding hydrogens is 372 g/mol. The Hall–Kier alpha value is -3.23. The van der Waals surface area contributed by atoms with Gasteiger partial charge >= 0.3 is 0 Å². The first-order valence-corrected chi connectivity index (χ1v) is 9.68. The number of rotatable bonds is 4. The summed E-state index contributed by atoms with van der Waals surface area (Å²) < 4.78 is 4.67. The monoisotopic (exact) mass is 396 g/mol. The van der Waals surface area contributed by atoms with Crippen molar-refractivity contribution in [2.24, 2.45) is 5.41 Å². The molecule has 152 valence electrons. The number of nitrogens with zero attached hydrogens (tertiary/aromatic N) is 4. The highest BCUT2D eigenvalue weighted by molar-refractivity contribution is 6.05. The van der Waals surface area contributed by atoms with Crippen molar-refractivity contribution < 1.29 is 14.2 Å². The number of carbonyl (C=O) groups excluding carboxylic acids is 2. The van der Waals surface area contributed by atoms with Gasteiger partial charge in [-0.2, -0.15) is 5.10 Å². The minimum Gasteiger partial charge on any atom is -0.350 e. The third-order valence-corrected chi connectivity index (χ3v) is 5.62. The highest BCUT2D eigenvalue weighted by Crippen LogP contribution is 2.31. The number of fused-ring (bicyclic) bond motifs is 1. The summed E-state index contributed by atoms with van der Waals surface area (Å²) in [6, 6.07) is 5.85. The van der Waals surface area contributed by atoms with Crippen LogP contribution in [0.15, 0.2) is 22.8 Å². The molecule has 2 N–H and O–H groups in total. The van der Waals surface area contributed by atoms with E-state index in [2.05, 4.69) is 30.5 Å². The number of hydrogen-bond acceptors (Lipinski definition) is 6. The highest BCUT2D eigenvalue weighted by atomic mass is 16.6. The zero-order valence-corrected chi connectivity index (χ0v) is 16.8. The fourth-order valence-electron chi connectivity index (χ4n) is 3.83. The van der Waals surface area contributed by atoms with Crippen molar-refractivity contribution in [3.63, 3.8) is 0 Å². The standard InChI is InChI=1S/C20H24N6O3/c1-12-5-6-15-14(9-12)17(23-22-15)18(27)26-8-4-7-20(3,11-26)19(28)21-10-16-13(2)24-29-25-16/h5-6,9H,4,7-8,10-11H2,1-3H3,(H,21,28)(H,22,23). The summed E-state index contributed by atoms with van der Waals surface area (Å²) in [5, 5.41) is 18.4. The van der Waals surface area contributed by atoms with Gasteiger partial charge in [-0.25, -0.2) is 4.63 Å². The van der Waals surface area contributed by atoms with Crippen molar-refractivity contribution in [1.82, 2.24) is 30.7 Å². The first-order chi connectivity index (χ1) is 13.9. The minimum atomic E-state index is -0.680. The Bertz CT molecular complexity index is 1070. The number of aromatic amines is 1. The van der Waals surface area contributed by atoms with Gasteiger partial charge in [-0.1, -0.05) is 21.9 Å². The van der Waals surface area contributed by atoms with E-state index in [9.17, 15) is 9.59 Å². The highest BCUT2D eigenvalue weighted by Gasteiger charge is 2.40. The maximum absolute atomic E-state index is 13.2. The number of carbonyl (C=O) groups is 2. The van der Waals surface area contributed by atoms with Gasteiger partial charge in [-0.3, -0.25) is 14.7 Å². The van der Waals surface area contributed by atoms with E-state index in [1.807, 2.05) is 32.0 Å². The maximum atomic E-state index is 13.2. The van der Waals surface area contributed by atoms with Gasteiger partial charge in [0, 0.05) is 18.5 Å². The molecule has 3 heterocycles. The molecule has 1 saturated heterocycles. The molecule has 0 bridgehead atoms. The van der Waals surface area contributed by atoms with Gasteiger partial charge in [0.2, 0.25) is 5.91 Å². The van der Waals surface area contributed by atoms with Crippen molar-refractivity contribution in [3.05, 3.63) is 40.8 Å². The van der Waals surface area contributed by atoms with E-state index in [1.165, 1.54) is 0 Å². The summed E-state index contributed by atoms with van der Waals surface area (Å²) in [7, 11) is 0. The van der Waals surface area contributed by atoms with Crippen LogP contribution in [0.1, 0.15) is 47.2 Å². The molecule has 1 aliphatic rings. The molecule has 0 aliphatic carbocycles. The summed E-state index contributed by atoms with van der Waals surface area (Å²) in [5.41, 5.74) is 2.86. The van der Waals surface area contributed by atoms with Crippen LogP contribution in [0.4, 0.5) is 0 Å². The van der Waals surface area contributed by atoms with E-state index in [1.54, 1.807) is 11.8 Å². The summed E-state index contributed by atoms with van der Waals surface area (Å²) in [6.07, 6.45) is 1.46. The fourth-order valence-corrected chi connectivity index (χ4v) is 3.83. The van der Waals surface area contributed by atoms with Crippen LogP contribution < -0.4 is 5.32 Å². The molecule has 1 atom stereocenters. The molecule has 0 radical (unpaired) electrons. The number of H-pyrrole nitrogens is 1. The zero-order valence-electron chi connectivity index (χ0n) is 16.8. The van der Waals surface area contributed by atoms with Crippen LogP contribution >= 0.6 is 0 Å². The predicted octanol–water partition coefficient (Wildman–Crippen LogP) is 2.12. The van der Waals surface area contributed by atoms with Crippen LogP contribution in [-0.4, -0.2) is 50.3 Å². The Labute approximate surface area is 167 Å². The molecule has 0 spiro atoms. The van der Waals surface area contributed by atoms with E-state index in [-0.39, 0.29) is 18.4 Å². The minimum absolute atomic E-state index is 0.111. The van der Waals surface area contributed by atoms with Crippen LogP contribution in [0, 0.1) is 19.3 Å². The van der Waals surface area contributed by atoms with Crippen molar-refractivity contribution in [2.45, 2.75) is 40.2 Å². The molecule has 4 rings (SSSR count). The van der Waals surface area contributed by atoms with E-state index >= 15 is 0 Å². The van der Waals surface area contributed by atoms with Gasteiger partial charge in [0.05, 0.1) is 17.5 Å². The van der Waals surface area contributed by atoms with E-state index in [4.69, 9.17) is 0 Å². The lowest BCUT2D eigenvalue weighted by atomic mass is 9.80. The number of hydrogen-bond donors (Lipinski definition) is 2. The van der Waals surface area contributed by atoms with E-state index < -0.39 is 5.41 Å². The molecule has 1 aromatic carbocycles. The van der Waals surface area contributed by atoms with Gasteiger partial charge in [0.1, 0.15) is 11.4 Å². The second-order valence-electron chi connectivity index (χ2n) is 7.99. The Morgan fingerprint density at radius 2 is 2.14 bits per heavy atom. The summed E-state index contributed by atoms with van der Waals surface area (Å²) >= 11 is 0. The molecular formula is C20H24N6O3. The molecule has 29 heavy (non-hydrogen) atoms. The number of nitrogens with one attached hydrogen (secondary N) is 2. The number of aromatic nitrogens is 4. The normalized spacial score (nSPS) is 19.5. The van der Waals surface area contributed by atoms with Crippen LogP contribution in [-0.2, 0) is 11.3 Å². The van der Waals surface area contributed by atoms with Crippen molar-refractivity contribution in [1.29, 1.82) is 0 Å². The summed E-state index contributed by atoms with van der Waals surface area (Å²) in [5.74, 6) is -0.266. The van der Waals surface area contributed by atoms with Gasteiger partial charge in [-0.15, -0.1) is 0 Å². The Morgan fingerprint density at radius 1 is 1.31 bits per heavy atom. The summed E-state index contributed by atoms with van der Waals surface area (Å²) in [6.45, 7) is 6.84. The molecule has 9 nitrogen and oxygen atoms in total. The summed E-state index contributed by atoms with van der Waals surface area (Å²) in [4.78, 5) is 27.8. The molecule has 0 saturated carbocycles. The number of benzene rings is 1. The first-order valence-electron chi connectivity index (χ1n) is 9.68. The second-order valence-corrected chi connectivity index (χ2v) is 7.99. The molecule has 2 amide bonds. The van der Waals surface area contributed by atoms with Gasteiger partial charge < -0.3 is 10.2 Å². The number of aryl methyl sites for hydroxylation is 2. The Morgan fingerprint density at radius 3 is 2.90 bits per heavy atom. The molecule has 2 aromatic heterocycles. The van der Waals surface area contributed by atoms with Gasteiger partial charge in [0.15, 0.2) is 5.69 Å². The molecule has 1 unspecified atom stereocenters. The van der Waals surface area contributed by atoms with Crippen LogP contribution in [0.2, 0.25) is 0 Å². The van der Waals surface area contributed by atoms with Crippen LogP contribution in [0.3, 0.4) is 0 Å². The SMILES string of the molecule is Cc1ccc2[nH]nc(C(=O)N3CCCC(C)(C(=O)NCc4nonc4C)C3)c2c1. The number of likely N-dealkylation sites (tertiary alicyclic amines) is 1. The van der Waals surface area contributed by atoms with Crippen molar-refractivity contribution in [2.75, 3.05) is 13.1 Å². The number of amides is 2. The first kappa shape index (κ1) is 19.1. The van der Waals surface area contributed by atoms with Gasteiger partial charge in [0.25, 0.3) is 5.91 Å². The van der Waals surface area contributed by atoms with Crippen LogP contribution in [0.5, 0.6) is 0 Å². The van der Waals surface area contributed by atoms with Crippen LogP contribution in [0.25, 0.3) is 10.9 Å². The second kappa shape index (κ2) is 7.31. The lowest BCUT2D eigenvalue weighted by molar-refractivity contribution is -0.132. The molecule has 1 fully saturated rings. The topological polar surface area (TPSA) is 117 Å².